The zero-order chi connectivity index (χ0) is 14.8. The second-order valence-corrected chi connectivity index (χ2v) is 6.58. The summed E-state index contributed by atoms with van der Waals surface area (Å²) in [4.78, 5) is 23.3. The smallest absolute Gasteiger partial charge is 0.309 e. The normalized spacial score (nSPS) is 24.9. The summed E-state index contributed by atoms with van der Waals surface area (Å²) >= 11 is 0. The van der Waals surface area contributed by atoms with Gasteiger partial charge in [-0.05, 0) is 33.6 Å². The lowest BCUT2D eigenvalue weighted by Crippen LogP contribution is -2.49. The molecule has 0 bridgehead atoms. The standard InChI is InChI=1S/C14H24N2O4/c1-13(2,3)16-12(18)11(17)15-8-10-9-19-14(20-10)6-4-5-7-14/h10H,4-9H2,1-3H3,(H,15,17)(H,16,18)/t10-/m0/s1. The van der Waals surface area contributed by atoms with Gasteiger partial charge in [0, 0.05) is 24.9 Å². The van der Waals surface area contributed by atoms with Crippen molar-refractivity contribution in [2.45, 2.75) is 63.9 Å². The highest BCUT2D eigenvalue weighted by Gasteiger charge is 2.43. The third-order valence-electron chi connectivity index (χ3n) is 3.46. The van der Waals surface area contributed by atoms with E-state index in [1.165, 1.54) is 0 Å². The van der Waals surface area contributed by atoms with Crippen LogP contribution in [-0.4, -0.2) is 42.4 Å². The van der Waals surface area contributed by atoms with Gasteiger partial charge in [0.1, 0.15) is 6.10 Å². The van der Waals surface area contributed by atoms with Crippen LogP contribution < -0.4 is 10.6 Å². The van der Waals surface area contributed by atoms with Gasteiger partial charge in [0.05, 0.1) is 6.61 Å². The van der Waals surface area contributed by atoms with Gasteiger partial charge >= 0.3 is 11.8 Å². The first-order valence-corrected chi connectivity index (χ1v) is 7.22. The predicted molar refractivity (Wildman–Crippen MR) is 72.9 cm³/mol. The maximum Gasteiger partial charge on any atom is 0.309 e. The highest BCUT2D eigenvalue weighted by atomic mass is 16.7. The van der Waals surface area contributed by atoms with Gasteiger partial charge in [-0.2, -0.15) is 0 Å². The van der Waals surface area contributed by atoms with Crippen LogP contribution in [0.4, 0.5) is 0 Å². The Morgan fingerprint density at radius 1 is 1.20 bits per heavy atom. The van der Waals surface area contributed by atoms with Crippen molar-refractivity contribution in [3.63, 3.8) is 0 Å². The van der Waals surface area contributed by atoms with Crippen molar-refractivity contribution in [2.75, 3.05) is 13.2 Å². The number of carbonyl (C=O) groups is 2. The minimum Gasteiger partial charge on any atom is -0.347 e. The van der Waals surface area contributed by atoms with Crippen molar-refractivity contribution in [1.82, 2.24) is 10.6 Å². The molecule has 6 heteroatoms. The van der Waals surface area contributed by atoms with Crippen LogP contribution in [0.25, 0.3) is 0 Å². The Morgan fingerprint density at radius 3 is 2.45 bits per heavy atom. The number of hydrogen-bond donors (Lipinski definition) is 2. The molecule has 20 heavy (non-hydrogen) atoms. The van der Waals surface area contributed by atoms with E-state index in [9.17, 15) is 9.59 Å². The monoisotopic (exact) mass is 284 g/mol. The quantitative estimate of drug-likeness (QED) is 0.732. The Balaban J connectivity index is 1.73. The first-order chi connectivity index (χ1) is 9.30. The van der Waals surface area contributed by atoms with Crippen LogP contribution in [0.3, 0.4) is 0 Å². The third-order valence-corrected chi connectivity index (χ3v) is 3.46. The molecule has 1 aliphatic carbocycles. The minimum absolute atomic E-state index is 0.167. The molecule has 0 aromatic heterocycles. The van der Waals surface area contributed by atoms with Gasteiger partial charge in [-0.3, -0.25) is 9.59 Å². The Morgan fingerprint density at radius 2 is 1.85 bits per heavy atom. The molecule has 0 unspecified atom stereocenters. The van der Waals surface area contributed by atoms with E-state index in [2.05, 4.69) is 10.6 Å². The fourth-order valence-electron chi connectivity index (χ4n) is 2.58. The van der Waals surface area contributed by atoms with E-state index in [-0.39, 0.29) is 6.10 Å². The number of amides is 2. The number of ether oxygens (including phenoxy) is 2. The lowest BCUT2D eigenvalue weighted by Gasteiger charge is -2.22. The second-order valence-electron chi connectivity index (χ2n) is 6.58. The maximum atomic E-state index is 11.7. The SMILES string of the molecule is CC(C)(C)NC(=O)C(=O)NC[C@H]1COC2(CCCC2)O1. The van der Waals surface area contributed by atoms with Crippen LogP contribution in [0.15, 0.2) is 0 Å². The summed E-state index contributed by atoms with van der Waals surface area (Å²) in [5, 5.41) is 5.22. The number of rotatable bonds is 2. The van der Waals surface area contributed by atoms with Crippen molar-refractivity contribution in [2.24, 2.45) is 0 Å². The lowest BCUT2D eigenvalue weighted by molar-refractivity contribution is -0.161. The maximum absolute atomic E-state index is 11.7. The summed E-state index contributed by atoms with van der Waals surface area (Å²) in [6, 6.07) is 0. The van der Waals surface area contributed by atoms with Crippen molar-refractivity contribution in [3.8, 4) is 0 Å². The molecular weight excluding hydrogens is 260 g/mol. The van der Waals surface area contributed by atoms with Crippen molar-refractivity contribution in [3.05, 3.63) is 0 Å². The van der Waals surface area contributed by atoms with Crippen LogP contribution in [0, 0.1) is 0 Å². The summed E-state index contributed by atoms with van der Waals surface area (Å²) in [6.07, 6.45) is 3.91. The van der Waals surface area contributed by atoms with Gasteiger partial charge in [-0.1, -0.05) is 0 Å². The van der Waals surface area contributed by atoms with Gasteiger partial charge < -0.3 is 20.1 Å². The van der Waals surface area contributed by atoms with E-state index >= 15 is 0 Å². The molecule has 2 amide bonds. The van der Waals surface area contributed by atoms with E-state index in [1.54, 1.807) is 0 Å². The molecule has 2 rings (SSSR count). The van der Waals surface area contributed by atoms with Crippen molar-refractivity contribution >= 4 is 11.8 Å². The Bertz CT molecular complexity index is 383. The molecule has 1 spiro atoms. The first-order valence-electron chi connectivity index (χ1n) is 7.22. The van der Waals surface area contributed by atoms with Gasteiger partial charge in [0.15, 0.2) is 5.79 Å². The second kappa shape index (κ2) is 5.69. The molecule has 1 saturated carbocycles. The van der Waals surface area contributed by atoms with E-state index in [4.69, 9.17) is 9.47 Å². The number of hydrogen-bond acceptors (Lipinski definition) is 4. The largest absolute Gasteiger partial charge is 0.347 e. The van der Waals surface area contributed by atoms with Crippen LogP contribution in [0.2, 0.25) is 0 Å². The summed E-state index contributed by atoms with van der Waals surface area (Å²) < 4.78 is 11.6. The van der Waals surface area contributed by atoms with Crippen LogP contribution >= 0.6 is 0 Å². The molecule has 2 aliphatic rings. The van der Waals surface area contributed by atoms with Crippen molar-refractivity contribution in [1.29, 1.82) is 0 Å². The Kier molecular flexibility index (Phi) is 4.34. The topological polar surface area (TPSA) is 76.7 Å². The molecule has 6 nitrogen and oxygen atoms in total. The lowest BCUT2D eigenvalue weighted by atomic mass is 10.1. The zero-order valence-corrected chi connectivity index (χ0v) is 12.5. The molecule has 1 saturated heterocycles. The summed E-state index contributed by atoms with van der Waals surface area (Å²) in [6.45, 7) is 6.27. The van der Waals surface area contributed by atoms with E-state index < -0.39 is 23.1 Å². The summed E-state index contributed by atoms with van der Waals surface area (Å²) in [5.41, 5.74) is -0.421. The summed E-state index contributed by atoms with van der Waals surface area (Å²) in [5.74, 6) is -1.67. The molecule has 1 heterocycles. The number of carbonyl (C=O) groups excluding carboxylic acids is 2. The number of nitrogens with one attached hydrogen (secondary N) is 2. The van der Waals surface area contributed by atoms with Crippen molar-refractivity contribution < 1.29 is 19.1 Å². The van der Waals surface area contributed by atoms with Gasteiger partial charge in [0.2, 0.25) is 0 Å². The molecule has 2 fully saturated rings. The first kappa shape index (κ1) is 15.3. The predicted octanol–water partition coefficient (Wildman–Crippen LogP) is 0.703. The fourth-order valence-corrected chi connectivity index (χ4v) is 2.58. The molecule has 0 aromatic rings. The van der Waals surface area contributed by atoms with Crippen LogP contribution in [-0.2, 0) is 19.1 Å². The average molecular weight is 284 g/mol. The Labute approximate surface area is 119 Å². The van der Waals surface area contributed by atoms with E-state index in [0.717, 1.165) is 25.7 Å². The average Bonchev–Trinajstić information content (AvgIpc) is 2.95. The highest BCUT2D eigenvalue weighted by Crippen LogP contribution is 2.38. The third kappa shape index (κ3) is 3.93. The zero-order valence-electron chi connectivity index (χ0n) is 12.5. The van der Waals surface area contributed by atoms with E-state index in [1.807, 2.05) is 20.8 Å². The molecule has 1 atom stereocenters. The Hall–Kier alpha value is -1.14. The van der Waals surface area contributed by atoms with E-state index in [0.29, 0.717) is 13.2 Å². The van der Waals surface area contributed by atoms with Crippen LogP contribution in [0.1, 0.15) is 46.5 Å². The molecule has 114 valence electrons. The van der Waals surface area contributed by atoms with Crippen LogP contribution in [0.5, 0.6) is 0 Å². The molecular formula is C14H24N2O4. The molecule has 0 aromatic carbocycles. The fraction of sp³-hybridized carbons (Fsp3) is 0.857. The van der Waals surface area contributed by atoms with Gasteiger partial charge in [-0.15, -0.1) is 0 Å². The molecule has 0 radical (unpaired) electrons. The molecule has 2 N–H and O–H groups in total. The summed E-state index contributed by atoms with van der Waals surface area (Å²) in [7, 11) is 0. The molecule has 1 aliphatic heterocycles. The highest BCUT2D eigenvalue weighted by molar-refractivity contribution is 6.35. The van der Waals surface area contributed by atoms with Gasteiger partial charge in [-0.25, -0.2) is 0 Å². The van der Waals surface area contributed by atoms with Gasteiger partial charge in [0.25, 0.3) is 0 Å². The minimum atomic E-state index is -0.629.